The topological polar surface area (TPSA) is 59.3 Å². The van der Waals surface area contributed by atoms with Crippen molar-refractivity contribution < 1.29 is 9.84 Å². The molecule has 0 aromatic carbocycles. The Morgan fingerprint density at radius 2 is 2.35 bits per heavy atom. The molecule has 0 radical (unpaired) electrons. The summed E-state index contributed by atoms with van der Waals surface area (Å²) in [7, 11) is 1.75. The second-order valence-corrected chi connectivity index (χ2v) is 5.91. The SMILES string of the molecule is COCC(NC1CCCc2c1cnn2CCO)C(C)C. The minimum Gasteiger partial charge on any atom is -0.394 e. The van der Waals surface area contributed by atoms with E-state index in [4.69, 9.17) is 9.84 Å². The van der Waals surface area contributed by atoms with Gasteiger partial charge >= 0.3 is 0 Å². The first-order valence-electron chi connectivity index (χ1n) is 7.57. The number of hydrogen-bond acceptors (Lipinski definition) is 4. The minimum absolute atomic E-state index is 0.143. The zero-order chi connectivity index (χ0) is 14.5. The van der Waals surface area contributed by atoms with Crippen molar-refractivity contribution >= 4 is 0 Å². The van der Waals surface area contributed by atoms with Crippen LogP contribution in [-0.2, 0) is 17.7 Å². The highest BCUT2D eigenvalue weighted by Crippen LogP contribution is 2.30. The average Bonchev–Trinajstić information content (AvgIpc) is 2.83. The van der Waals surface area contributed by atoms with E-state index in [0.717, 1.165) is 19.4 Å². The van der Waals surface area contributed by atoms with E-state index in [2.05, 4.69) is 24.3 Å². The number of aromatic nitrogens is 2. The fourth-order valence-electron chi connectivity index (χ4n) is 2.95. The van der Waals surface area contributed by atoms with Crippen LogP contribution in [0.2, 0.25) is 0 Å². The van der Waals surface area contributed by atoms with E-state index in [1.54, 1.807) is 7.11 Å². The first kappa shape index (κ1) is 15.5. The number of aliphatic hydroxyl groups excluding tert-OH is 1. The molecule has 5 nitrogen and oxygen atoms in total. The van der Waals surface area contributed by atoms with Crippen LogP contribution in [0.1, 0.15) is 44.0 Å². The van der Waals surface area contributed by atoms with E-state index in [0.29, 0.717) is 24.5 Å². The molecule has 114 valence electrons. The predicted octanol–water partition coefficient (Wildman–Crippen LogP) is 1.51. The van der Waals surface area contributed by atoms with Gasteiger partial charge in [-0.1, -0.05) is 13.8 Å². The summed E-state index contributed by atoms with van der Waals surface area (Å²) in [5.41, 5.74) is 2.58. The van der Waals surface area contributed by atoms with Gasteiger partial charge in [0.15, 0.2) is 0 Å². The highest BCUT2D eigenvalue weighted by Gasteiger charge is 2.26. The Bertz CT molecular complexity index is 417. The monoisotopic (exact) mass is 281 g/mol. The van der Waals surface area contributed by atoms with E-state index in [1.807, 2.05) is 10.9 Å². The molecule has 2 atom stereocenters. The highest BCUT2D eigenvalue weighted by atomic mass is 16.5. The minimum atomic E-state index is 0.143. The quantitative estimate of drug-likeness (QED) is 0.795. The van der Waals surface area contributed by atoms with Crippen LogP contribution in [0.5, 0.6) is 0 Å². The molecule has 1 heterocycles. The van der Waals surface area contributed by atoms with Crippen LogP contribution < -0.4 is 5.32 Å². The smallest absolute Gasteiger partial charge is 0.0644 e. The average molecular weight is 281 g/mol. The Hall–Kier alpha value is -0.910. The molecular formula is C15H27N3O2. The molecule has 20 heavy (non-hydrogen) atoms. The summed E-state index contributed by atoms with van der Waals surface area (Å²) in [6.07, 6.45) is 5.33. The van der Waals surface area contributed by atoms with Crippen molar-refractivity contribution in [2.45, 2.75) is 51.7 Å². The van der Waals surface area contributed by atoms with Gasteiger partial charge in [-0.05, 0) is 25.2 Å². The standard InChI is InChI=1S/C15H27N3O2/c1-11(2)14(10-20-3)17-13-5-4-6-15-12(13)9-16-18(15)7-8-19/h9,11,13-14,17,19H,4-8,10H2,1-3H3. The van der Waals surface area contributed by atoms with Crippen molar-refractivity contribution in [1.29, 1.82) is 0 Å². The lowest BCUT2D eigenvalue weighted by Gasteiger charge is -2.30. The zero-order valence-electron chi connectivity index (χ0n) is 12.8. The maximum absolute atomic E-state index is 9.10. The first-order valence-corrected chi connectivity index (χ1v) is 7.57. The largest absolute Gasteiger partial charge is 0.394 e. The summed E-state index contributed by atoms with van der Waals surface area (Å²) in [6, 6.07) is 0.714. The molecule has 1 aromatic heterocycles. The van der Waals surface area contributed by atoms with Gasteiger partial charge in [0.2, 0.25) is 0 Å². The summed E-state index contributed by atoms with van der Waals surface area (Å²) in [5.74, 6) is 0.535. The van der Waals surface area contributed by atoms with Gasteiger partial charge in [0.05, 0.1) is 26.0 Å². The maximum Gasteiger partial charge on any atom is 0.0644 e. The molecule has 0 spiro atoms. The number of aliphatic hydroxyl groups is 1. The van der Waals surface area contributed by atoms with Gasteiger partial charge < -0.3 is 15.2 Å². The van der Waals surface area contributed by atoms with Crippen molar-refractivity contribution in [1.82, 2.24) is 15.1 Å². The van der Waals surface area contributed by atoms with E-state index in [-0.39, 0.29) is 6.61 Å². The fourth-order valence-corrected chi connectivity index (χ4v) is 2.95. The van der Waals surface area contributed by atoms with E-state index >= 15 is 0 Å². The summed E-state index contributed by atoms with van der Waals surface area (Å²) >= 11 is 0. The third-order valence-electron chi connectivity index (χ3n) is 4.14. The van der Waals surface area contributed by atoms with Crippen LogP contribution in [0.15, 0.2) is 6.20 Å². The molecule has 0 bridgehead atoms. The van der Waals surface area contributed by atoms with Crippen molar-refractivity contribution in [3.8, 4) is 0 Å². The molecule has 2 unspecified atom stereocenters. The zero-order valence-corrected chi connectivity index (χ0v) is 12.8. The summed E-state index contributed by atoms with van der Waals surface area (Å²) in [6.45, 7) is 5.90. The Labute approximate surface area is 121 Å². The molecule has 0 amide bonds. The maximum atomic E-state index is 9.10. The molecule has 0 fully saturated rings. The molecule has 1 aromatic rings. The number of nitrogens with zero attached hydrogens (tertiary/aromatic N) is 2. The van der Waals surface area contributed by atoms with Gasteiger partial charge in [0.25, 0.3) is 0 Å². The van der Waals surface area contributed by atoms with E-state index in [1.165, 1.54) is 17.7 Å². The van der Waals surface area contributed by atoms with E-state index in [9.17, 15) is 0 Å². The number of nitrogens with one attached hydrogen (secondary N) is 1. The lowest BCUT2D eigenvalue weighted by Crippen LogP contribution is -2.41. The molecule has 1 aliphatic rings. The summed E-state index contributed by atoms with van der Waals surface area (Å²) in [4.78, 5) is 0. The number of fused-ring (bicyclic) bond motifs is 1. The van der Waals surface area contributed by atoms with Gasteiger partial charge in [-0.15, -0.1) is 0 Å². The number of methoxy groups -OCH3 is 1. The Morgan fingerprint density at radius 3 is 3.00 bits per heavy atom. The van der Waals surface area contributed by atoms with Crippen molar-refractivity contribution in [3.63, 3.8) is 0 Å². The lowest BCUT2D eigenvalue weighted by molar-refractivity contribution is 0.138. The van der Waals surface area contributed by atoms with Crippen LogP contribution >= 0.6 is 0 Å². The van der Waals surface area contributed by atoms with Gasteiger partial charge in [0.1, 0.15) is 0 Å². The Kier molecular flexibility index (Phi) is 5.57. The van der Waals surface area contributed by atoms with Gasteiger partial charge in [-0.2, -0.15) is 5.10 Å². The van der Waals surface area contributed by atoms with Gasteiger partial charge in [0, 0.05) is 30.5 Å². The predicted molar refractivity (Wildman–Crippen MR) is 78.6 cm³/mol. The van der Waals surface area contributed by atoms with Gasteiger partial charge in [-0.3, -0.25) is 4.68 Å². The van der Waals surface area contributed by atoms with Crippen LogP contribution in [0, 0.1) is 5.92 Å². The van der Waals surface area contributed by atoms with Crippen molar-refractivity contribution in [2.75, 3.05) is 20.3 Å². The molecule has 0 saturated heterocycles. The molecular weight excluding hydrogens is 254 g/mol. The molecule has 0 aliphatic heterocycles. The molecule has 1 aliphatic carbocycles. The number of rotatable bonds is 7. The highest BCUT2D eigenvalue weighted by molar-refractivity contribution is 5.25. The van der Waals surface area contributed by atoms with Crippen LogP contribution in [0.3, 0.4) is 0 Å². The second kappa shape index (κ2) is 7.20. The summed E-state index contributed by atoms with van der Waals surface area (Å²) < 4.78 is 7.27. The van der Waals surface area contributed by atoms with Crippen LogP contribution in [0.4, 0.5) is 0 Å². The van der Waals surface area contributed by atoms with Crippen LogP contribution in [0.25, 0.3) is 0 Å². The first-order chi connectivity index (χ1) is 9.67. The van der Waals surface area contributed by atoms with Crippen molar-refractivity contribution in [2.24, 2.45) is 5.92 Å². The third-order valence-corrected chi connectivity index (χ3v) is 4.14. The fraction of sp³-hybridized carbons (Fsp3) is 0.800. The van der Waals surface area contributed by atoms with Crippen molar-refractivity contribution in [3.05, 3.63) is 17.5 Å². The number of hydrogen-bond donors (Lipinski definition) is 2. The summed E-state index contributed by atoms with van der Waals surface area (Å²) in [5, 5.41) is 17.2. The molecule has 2 N–H and O–H groups in total. The Morgan fingerprint density at radius 1 is 1.55 bits per heavy atom. The van der Waals surface area contributed by atoms with Crippen LogP contribution in [-0.4, -0.2) is 41.3 Å². The van der Waals surface area contributed by atoms with E-state index < -0.39 is 0 Å². The molecule has 5 heteroatoms. The Balaban J connectivity index is 2.11. The third kappa shape index (κ3) is 3.40. The molecule has 2 rings (SSSR count). The second-order valence-electron chi connectivity index (χ2n) is 5.91. The number of ether oxygens (including phenoxy) is 1. The normalized spacial score (nSPS) is 20.1. The van der Waals surface area contributed by atoms with Gasteiger partial charge in [-0.25, -0.2) is 0 Å². The lowest BCUT2D eigenvalue weighted by atomic mass is 9.91. The molecule has 0 saturated carbocycles.